The number of carbonyl (C=O) groups excluding carboxylic acids is 1. The van der Waals surface area contributed by atoms with Crippen LogP contribution in [0.1, 0.15) is 31.1 Å². The van der Waals surface area contributed by atoms with E-state index in [1.165, 1.54) is 15.2 Å². The highest BCUT2D eigenvalue weighted by atomic mass is 32.1. The molecule has 1 atom stereocenters. The smallest absolute Gasteiger partial charge is 0.217 e. The molecule has 0 spiro atoms. The van der Waals surface area contributed by atoms with Crippen LogP contribution >= 0.6 is 22.7 Å². The van der Waals surface area contributed by atoms with Gasteiger partial charge in [0.2, 0.25) is 5.91 Å². The molecule has 0 fully saturated rings. The fourth-order valence-corrected chi connectivity index (χ4v) is 5.39. The topological polar surface area (TPSA) is 79.8 Å². The van der Waals surface area contributed by atoms with Gasteiger partial charge in [0.05, 0.1) is 21.1 Å². The number of fused-ring (bicyclic) bond motifs is 2. The standard InChI is InChI=1S/C21H19N5OS2/c1-12(27)25-14-4-2-13(3-5-14)19-9-16-20(22-10-23-21(16)29-19)26-15-6-7-18-17(8-15)24-11-28-18/h2,6-11,14H,3-5H2,1H3,(H,25,27)(H,22,23,26). The maximum Gasteiger partial charge on any atom is 0.217 e. The molecular weight excluding hydrogens is 402 g/mol. The molecule has 4 aromatic rings. The average Bonchev–Trinajstić information content (AvgIpc) is 3.35. The number of hydrogen-bond donors (Lipinski definition) is 2. The maximum atomic E-state index is 11.3. The average molecular weight is 422 g/mol. The van der Waals surface area contributed by atoms with Gasteiger partial charge in [-0.2, -0.15) is 0 Å². The zero-order valence-corrected chi connectivity index (χ0v) is 17.4. The lowest BCUT2D eigenvalue weighted by Gasteiger charge is -2.21. The van der Waals surface area contributed by atoms with E-state index in [9.17, 15) is 4.79 Å². The number of allylic oxidation sites excluding steroid dienone is 1. The molecule has 0 bridgehead atoms. The Morgan fingerprint density at radius 2 is 2.14 bits per heavy atom. The second-order valence-electron chi connectivity index (χ2n) is 7.11. The van der Waals surface area contributed by atoms with Crippen molar-refractivity contribution in [1.82, 2.24) is 20.3 Å². The molecular formula is C21H19N5OS2. The van der Waals surface area contributed by atoms with Crippen LogP contribution in [-0.2, 0) is 4.79 Å². The zero-order chi connectivity index (χ0) is 19.8. The van der Waals surface area contributed by atoms with Crippen LogP contribution in [0.5, 0.6) is 0 Å². The van der Waals surface area contributed by atoms with Gasteiger partial charge in [-0.05, 0) is 49.1 Å². The van der Waals surface area contributed by atoms with Crippen LogP contribution in [0.25, 0.3) is 26.0 Å². The van der Waals surface area contributed by atoms with Crippen molar-refractivity contribution in [3.05, 3.63) is 47.1 Å². The molecule has 1 aliphatic rings. The summed E-state index contributed by atoms with van der Waals surface area (Å²) in [7, 11) is 0. The third-order valence-electron chi connectivity index (χ3n) is 5.06. The van der Waals surface area contributed by atoms with Gasteiger partial charge in [0, 0.05) is 23.5 Å². The first kappa shape index (κ1) is 18.2. The second-order valence-corrected chi connectivity index (χ2v) is 9.03. The highest BCUT2D eigenvalue weighted by molar-refractivity contribution is 7.19. The monoisotopic (exact) mass is 421 g/mol. The number of nitrogens with one attached hydrogen (secondary N) is 2. The van der Waals surface area contributed by atoms with Gasteiger partial charge in [0.15, 0.2) is 0 Å². The molecule has 0 saturated heterocycles. The molecule has 5 rings (SSSR count). The lowest BCUT2D eigenvalue weighted by Crippen LogP contribution is -2.33. The molecule has 1 amide bonds. The molecule has 6 nitrogen and oxygen atoms in total. The predicted molar refractivity (Wildman–Crippen MR) is 120 cm³/mol. The number of carbonyl (C=O) groups is 1. The molecule has 0 radical (unpaired) electrons. The molecule has 29 heavy (non-hydrogen) atoms. The summed E-state index contributed by atoms with van der Waals surface area (Å²) in [5, 5.41) is 7.46. The molecule has 146 valence electrons. The van der Waals surface area contributed by atoms with E-state index in [4.69, 9.17) is 0 Å². The minimum atomic E-state index is 0.0375. The van der Waals surface area contributed by atoms with E-state index in [2.05, 4.69) is 43.8 Å². The molecule has 2 N–H and O–H groups in total. The number of hydrogen-bond acceptors (Lipinski definition) is 7. The first-order valence-electron chi connectivity index (χ1n) is 9.47. The Labute approximate surface area is 175 Å². The first-order chi connectivity index (χ1) is 14.2. The van der Waals surface area contributed by atoms with Crippen molar-refractivity contribution >= 4 is 66.1 Å². The highest BCUT2D eigenvalue weighted by Gasteiger charge is 2.18. The molecule has 1 unspecified atom stereocenters. The van der Waals surface area contributed by atoms with Gasteiger partial charge in [-0.15, -0.1) is 22.7 Å². The van der Waals surface area contributed by atoms with E-state index in [-0.39, 0.29) is 11.9 Å². The molecule has 1 aromatic carbocycles. The van der Waals surface area contributed by atoms with Gasteiger partial charge in [0.25, 0.3) is 0 Å². The lowest BCUT2D eigenvalue weighted by atomic mass is 9.94. The Kier molecular flexibility index (Phi) is 4.73. The number of nitrogens with zero attached hydrogens (tertiary/aromatic N) is 3. The normalized spacial score (nSPS) is 16.7. The van der Waals surface area contributed by atoms with Crippen LogP contribution in [0, 0.1) is 0 Å². The number of thiazole rings is 1. The summed E-state index contributed by atoms with van der Waals surface area (Å²) >= 11 is 3.33. The number of benzene rings is 1. The van der Waals surface area contributed by atoms with Crippen molar-refractivity contribution in [2.45, 2.75) is 32.2 Å². The van der Waals surface area contributed by atoms with E-state index in [0.29, 0.717) is 0 Å². The van der Waals surface area contributed by atoms with Crippen molar-refractivity contribution in [2.75, 3.05) is 5.32 Å². The molecule has 0 aliphatic heterocycles. The summed E-state index contributed by atoms with van der Waals surface area (Å²) in [6.07, 6.45) is 6.63. The highest BCUT2D eigenvalue weighted by Crippen LogP contribution is 2.37. The summed E-state index contributed by atoms with van der Waals surface area (Å²) in [6.45, 7) is 1.57. The molecule has 8 heteroatoms. The van der Waals surface area contributed by atoms with Crippen molar-refractivity contribution in [3.8, 4) is 0 Å². The van der Waals surface area contributed by atoms with Crippen LogP contribution in [0.2, 0.25) is 0 Å². The molecule has 1 aliphatic carbocycles. The van der Waals surface area contributed by atoms with Gasteiger partial charge in [-0.3, -0.25) is 4.79 Å². The Hall–Kier alpha value is -2.84. The number of rotatable bonds is 4. The zero-order valence-electron chi connectivity index (χ0n) is 15.8. The van der Waals surface area contributed by atoms with Gasteiger partial charge >= 0.3 is 0 Å². The van der Waals surface area contributed by atoms with Crippen LogP contribution in [0.4, 0.5) is 11.5 Å². The number of amides is 1. The van der Waals surface area contributed by atoms with Gasteiger partial charge in [-0.1, -0.05) is 6.08 Å². The van der Waals surface area contributed by atoms with Crippen LogP contribution in [0.15, 0.2) is 42.2 Å². The van der Waals surface area contributed by atoms with Crippen LogP contribution in [-0.4, -0.2) is 26.9 Å². The fourth-order valence-electron chi connectivity index (χ4n) is 3.66. The van der Waals surface area contributed by atoms with E-state index >= 15 is 0 Å². The predicted octanol–water partition coefficient (Wildman–Crippen LogP) is 5.12. The number of thiophene rings is 1. The number of aromatic nitrogens is 3. The van der Waals surface area contributed by atoms with Gasteiger partial charge in [0.1, 0.15) is 17.0 Å². The largest absolute Gasteiger partial charge is 0.353 e. The summed E-state index contributed by atoms with van der Waals surface area (Å²) < 4.78 is 1.17. The Morgan fingerprint density at radius 3 is 2.97 bits per heavy atom. The summed E-state index contributed by atoms with van der Waals surface area (Å²) in [5.41, 5.74) is 5.13. The van der Waals surface area contributed by atoms with Crippen molar-refractivity contribution in [1.29, 1.82) is 0 Å². The third-order valence-corrected chi connectivity index (χ3v) is 6.99. The summed E-state index contributed by atoms with van der Waals surface area (Å²) in [4.78, 5) is 26.8. The Bertz CT molecular complexity index is 1240. The lowest BCUT2D eigenvalue weighted by molar-refractivity contribution is -0.119. The van der Waals surface area contributed by atoms with Crippen LogP contribution < -0.4 is 10.6 Å². The first-order valence-corrected chi connectivity index (χ1v) is 11.2. The van der Waals surface area contributed by atoms with Crippen molar-refractivity contribution in [2.24, 2.45) is 0 Å². The van der Waals surface area contributed by atoms with Crippen LogP contribution in [0.3, 0.4) is 0 Å². The summed E-state index contributed by atoms with van der Waals surface area (Å²) in [6, 6.07) is 8.58. The molecule has 3 heterocycles. The Morgan fingerprint density at radius 1 is 1.21 bits per heavy atom. The van der Waals surface area contributed by atoms with E-state index in [1.54, 1.807) is 35.9 Å². The SMILES string of the molecule is CC(=O)NC1CC=C(c2cc3c(Nc4ccc5scnc5c4)ncnc3s2)CC1. The van der Waals surface area contributed by atoms with Gasteiger partial charge in [-0.25, -0.2) is 15.0 Å². The molecule has 0 saturated carbocycles. The van der Waals surface area contributed by atoms with Gasteiger partial charge < -0.3 is 10.6 Å². The maximum absolute atomic E-state index is 11.3. The molecule has 3 aromatic heterocycles. The van der Waals surface area contributed by atoms with E-state index in [1.807, 2.05) is 17.6 Å². The van der Waals surface area contributed by atoms with E-state index in [0.717, 1.165) is 46.5 Å². The minimum Gasteiger partial charge on any atom is -0.353 e. The van der Waals surface area contributed by atoms with Crippen molar-refractivity contribution < 1.29 is 4.79 Å². The summed E-state index contributed by atoms with van der Waals surface area (Å²) in [5.74, 6) is 0.843. The van der Waals surface area contributed by atoms with E-state index < -0.39 is 0 Å². The number of anilines is 2. The quantitative estimate of drug-likeness (QED) is 0.478. The second kappa shape index (κ2) is 7.53. The third kappa shape index (κ3) is 3.73. The van der Waals surface area contributed by atoms with Crippen molar-refractivity contribution in [3.63, 3.8) is 0 Å². The minimum absolute atomic E-state index is 0.0375. The fraction of sp³-hybridized carbons (Fsp3) is 0.238. The Balaban J connectivity index is 1.42.